The molecule has 0 aromatic heterocycles. The van der Waals surface area contributed by atoms with Crippen LogP contribution in [-0.4, -0.2) is 53.8 Å². The Morgan fingerprint density at radius 2 is 1.79 bits per heavy atom. The van der Waals surface area contributed by atoms with Gasteiger partial charge in [-0.1, -0.05) is 12.1 Å². The number of benzene rings is 1. The van der Waals surface area contributed by atoms with Crippen molar-refractivity contribution in [2.75, 3.05) is 26.2 Å². The maximum atomic E-state index is 13.3. The van der Waals surface area contributed by atoms with Crippen LogP contribution in [-0.2, 0) is 16.0 Å². The summed E-state index contributed by atoms with van der Waals surface area (Å²) in [5, 5.41) is 0. The molecule has 2 amide bonds. The van der Waals surface area contributed by atoms with Crippen LogP contribution in [0.2, 0.25) is 0 Å². The molecule has 2 saturated carbocycles. The molecule has 5 nitrogen and oxygen atoms in total. The molecular weight excluding hydrogens is 381 g/mol. The number of carbonyl (C=O) groups excluding carboxylic acids is 2. The fourth-order valence-corrected chi connectivity index (χ4v) is 5.23. The molecule has 2 aliphatic carbocycles. The molecule has 0 radical (unpaired) electrons. The van der Waals surface area contributed by atoms with Crippen molar-refractivity contribution < 1.29 is 14.0 Å². The van der Waals surface area contributed by atoms with Crippen molar-refractivity contribution in [2.24, 2.45) is 23.5 Å². The van der Waals surface area contributed by atoms with Crippen molar-refractivity contribution in [2.45, 2.75) is 38.1 Å². The van der Waals surface area contributed by atoms with Gasteiger partial charge in [0.25, 0.3) is 0 Å². The Kier molecular flexibility index (Phi) is 6.61. The molecule has 2 N–H and O–H groups in total. The van der Waals surface area contributed by atoms with Crippen LogP contribution >= 0.6 is 12.4 Å². The van der Waals surface area contributed by atoms with E-state index < -0.39 is 0 Å². The number of nitrogens with two attached hydrogens (primary N) is 1. The van der Waals surface area contributed by atoms with Gasteiger partial charge in [0.15, 0.2) is 0 Å². The average Bonchev–Trinajstić information content (AvgIpc) is 3.13. The number of halogens is 2. The van der Waals surface area contributed by atoms with Gasteiger partial charge in [-0.25, -0.2) is 4.39 Å². The highest BCUT2D eigenvalue weighted by Gasteiger charge is 2.50. The van der Waals surface area contributed by atoms with Crippen molar-refractivity contribution in [1.82, 2.24) is 9.80 Å². The van der Waals surface area contributed by atoms with Gasteiger partial charge >= 0.3 is 0 Å². The van der Waals surface area contributed by atoms with Crippen LogP contribution in [0.15, 0.2) is 24.3 Å². The zero-order valence-electron chi connectivity index (χ0n) is 16.1. The van der Waals surface area contributed by atoms with Gasteiger partial charge in [-0.2, -0.15) is 0 Å². The fourth-order valence-electron chi connectivity index (χ4n) is 5.23. The predicted molar refractivity (Wildman–Crippen MR) is 107 cm³/mol. The second kappa shape index (κ2) is 8.78. The van der Waals surface area contributed by atoms with E-state index in [1.54, 1.807) is 17.0 Å². The Balaban J connectivity index is 0.00000225. The fraction of sp³-hybridized carbons (Fsp3) is 0.619. The van der Waals surface area contributed by atoms with E-state index in [0.717, 1.165) is 25.7 Å². The molecule has 4 rings (SSSR count). The summed E-state index contributed by atoms with van der Waals surface area (Å²) in [4.78, 5) is 29.4. The molecule has 4 unspecified atom stereocenters. The second-order valence-corrected chi connectivity index (χ2v) is 8.30. The Morgan fingerprint density at radius 3 is 2.50 bits per heavy atom. The summed E-state index contributed by atoms with van der Waals surface area (Å²) in [5.41, 5.74) is 7.03. The Morgan fingerprint density at radius 1 is 1.07 bits per heavy atom. The molecule has 154 valence electrons. The molecule has 1 aromatic rings. The lowest BCUT2D eigenvalue weighted by Gasteiger charge is -2.32. The van der Waals surface area contributed by atoms with Gasteiger partial charge in [0.1, 0.15) is 5.82 Å². The van der Waals surface area contributed by atoms with Gasteiger partial charge in [0.2, 0.25) is 11.8 Å². The predicted octanol–water partition coefficient (Wildman–Crippen LogP) is 2.22. The number of hydrogen-bond donors (Lipinski definition) is 1. The summed E-state index contributed by atoms with van der Waals surface area (Å²) in [6, 6.07) is 6.18. The van der Waals surface area contributed by atoms with Crippen molar-refractivity contribution in [3.8, 4) is 0 Å². The molecule has 1 saturated heterocycles. The number of amides is 2. The monoisotopic (exact) mass is 409 g/mol. The minimum absolute atomic E-state index is 0. The molecule has 28 heavy (non-hydrogen) atoms. The maximum absolute atomic E-state index is 13.3. The van der Waals surface area contributed by atoms with E-state index in [1.165, 1.54) is 12.1 Å². The van der Waals surface area contributed by atoms with Gasteiger partial charge < -0.3 is 15.5 Å². The van der Waals surface area contributed by atoms with Crippen molar-refractivity contribution in [3.63, 3.8) is 0 Å². The third kappa shape index (κ3) is 4.18. The third-order valence-corrected chi connectivity index (χ3v) is 6.67. The third-order valence-electron chi connectivity index (χ3n) is 6.67. The quantitative estimate of drug-likeness (QED) is 0.832. The standard InChI is InChI=1S/C21H28FN3O2.ClH/c22-17-4-1-3-14(11-17)12-18(26)24-7-2-8-25(10-9-24)21(27)19-15-5-6-16(13-15)20(19)23;/h1,3-4,11,15-16,19-20H,2,5-10,12-13,23H2;1H. The maximum Gasteiger partial charge on any atom is 0.227 e. The molecule has 1 aromatic carbocycles. The van der Waals surface area contributed by atoms with E-state index in [-0.39, 0.29) is 48.4 Å². The van der Waals surface area contributed by atoms with E-state index in [2.05, 4.69) is 0 Å². The van der Waals surface area contributed by atoms with Crippen LogP contribution in [0.3, 0.4) is 0 Å². The number of hydrogen-bond acceptors (Lipinski definition) is 3. The lowest BCUT2D eigenvalue weighted by Crippen LogP contribution is -2.48. The second-order valence-electron chi connectivity index (χ2n) is 8.30. The summed E-state index contributed by atoms with van der Waals surface area (Å²) in [6.45, 7) is 2.42. The molecular formula is C21H29ClFN3O2. The van der Waals surface area contributed by atoms with E-state index >= 15 is 0 Å². The molecule has 4 atom stereocenters. The first kappa shape index (κ1) is 21.1. The van der Waals surface area contributed by atoms with E-state index in [4.69, 9.17) is 5.73 Å². The van der Waals surface area contributed by atoms with E-state index in [1.807, 2.05) is 4.90 Å². The summed E-state index contributed by atoms with van der Waals surface area (Å²) in [6.07, 6.45) is 4.36. The molecule has 3 aliphatic rings. The summed E-state index contributed by atoms with van der Waals surface area (Å²) in [7, 11) is 0. The van der Waals surface area contributed by atoms with Gasteiger partial charge in [0.05, 0.1) is 12.3 Å². The van der Waals surface area contributed by atoms with Gasteiger partial charge in [-0.3, -0.25) is 9.59 Å². The normalized spacial score (nSPS) is 29.4. The number of fused-ring (bicyclic) bond motifs is 2. The van der Waals surface area contributed by atoms with Gasteiger partial charge in [0, 0.05) is 32.2 Å². The zero-order valence-corrected chi connectivity index (χ0v) is 16.9. The van der Waals surface area contributed by atoms with Crippen LogP contribution in [0.4, 0.5) is 4.39 Å². The number of nitrogens with zero attached hydrogens (tertiary/aromatic N) is 2. The highest BCUT2D eigenvalue weighted by molar-refractivity contribution is 5.85. The number of rotatable bonds is 3. The van der Waals surface area contributed by atoms with Crippen LogP contribution in [0.25, 0.3) is 0 Å². The largest absolute Gasteiger partial charge is 0.341 e. The SMILES string of the molecule is Cl.NC1C2CCC(C2)C1C(=O)N1CCCN(C(=O)Cc2cccc(F)c2)CC1. The van der Waals surface area contributed by atoms with E-state index in [9.17, 15) is 14.0 Å². The first-order valence-corrected chi connectivity index (χ1v) is 10.1. The van der Waals surface area contributed by atoms with Gasteiger partial charge in [-0.15, -0.1) is 12.4 Å². The van der Waals surface area contributed by atoms with E-state index in [0.29, 0.717) is 43.6 Å². The van der Waals surface area contributed by atoms with Crippen molar-refractivity contribution >= 4 is 24.2 Å². The molecule has 1 aliphatic heterocycles. The first-order chi connectivity index (χ1) is 13.0. The Labute approximate surface area is 171 Å². The molecule has 3 fully saturated rings. The topological polar surface area (TPSA) is 66.6 Å². The lowest BCUT2D eigenvalue weighted by molar-refractivity contribution is -0.138. The number of carbonyl (C=O) groups is 2. The Hall–Kier alpha value is -1.66. The molecule has 2 bridgehead atoms. The van der Waals surface area contributed by atoms with Crippen LogP contribution in [0.1, 0.15) is 31.2 Å². The summed E-state index contributed by atoms with van der Waals surface area (Å²) >= 11 is 0. The van der Waals surface area contributed by atoms with Crippen LogP contribution in [0, 0.1) is 23.6 Å². The van der Waals surface area contributed by atoms with Crippen LogP contribution < -0.4 is 5.73 Å². The van der Waals surface area contributed by atoms with Crippen molar-refractivity contribution in [3.05, 3.63) is 35.6 Å². The first-order valence-electron chi connectivity index (χ1n) is 10.1. The van der Waals surface area contributed by atoms with Crippen molar-refractivity contribution in [1.29, 1.82) is 0 Å². The minimum atomic E-state index is -0.324. The highest BCUT2D eigenvalue weighted by Crippen LogP contribution is 2.48. The molecule has 0 spiro atoms. The van der Waals surface area contributed by atoms with Crippen LogP contribution in [0.5, 0.6) is 0 Å². The lowest BCUT2D eigenvalue weighted by atomic mass is 9.84. The van der Waals surface area contributed by atoms with Gasteiger partial charge in [-0.05, 0) is 55.2 Å². The smallest absolute Gasteiger partial charge is 0.227 e. The molecule has 1 heterocycles. The molecule has 7 heteroatoms. The zero-order chi connectivity index (χ0) is 19.0. The summed E-state index contributed by atoms with van der Waals surface area (Å²) in [5.74, 6) is 0.792. The summed E-state index contributed by atoms with van der Waals surface area (Å²) < 4.78 is 13.3. The Bertz CT molecular complexity index is 729. The highest BCUT2D eigenvalue weighted by atomic mass is 35.5. The average molecular weight is 410 g/mol. The minimum Gasteiger partial charge on any atom is -0.341 e.